The number of tetrazole rings is 1. The van der Waals surface area contributed by atoms with Gasteiger partial charge >= 0.3 is 6.09 Å². The van der Waals surface area contributed by atoms with Gasteiger partial charge in [0.15, 0.2) is 0 Å². The van der Waals surface area contributed by atoms with Gasteiger partial charge in [-0.3, -0.25) is 14.4 Å². The minimum absolute atomic E-state index is 0.137. The van der Waals surface area contributed by atoms with Crippen LogP contribution in [0.5, 0.6) is 0 Å². The predicted octanol–water partition coefficient (Wildman–Crippen LogP) is 4.35. The van der Waals surface area contributed by atoms with Gasteiger partial charge in [0.1, 0.15) is 6.04 Å². The van der Waals surface area contributed by atoms with E-state index in [9.17, 15) is 19.2 Å². The molecular weight excluding hydrogens is 662 g/mol. The minimum atomic E-state index is -1.05. The summed E-state index contributed by atoms with van der Waals surface area (Å²) in [7, 11) is 0. The number of carbonyl (C=O) groups excluding carboxylic acids is 3. The van der Waals surface area contributed by atoms with Crippen molar-refractivity contribution < 1.29 is 24.3 Å². The van der Waals surface area contributed by atoms with Gasteiger partial charge in [0.25, 0.3) is 5.91 Å². The van der Waals surface area contributed by atoms with Crippen LogP contribution in [-0.4, -0.2) is 93.2 Å². The standard InChI is InChI=1S/C38H47N9O5/c1-3-47(4-2)20-19-39-35(48)31-10-6-9-30(23-31)29-8-5-7-26(21-29)22-33(42-36(49)28-13-11-25(12-14-28)24-40-38(51)52)37(50)41-32-17-15-27(16-18-32)34-43-45-46-44-34/h5-10,15-18,21,23,25,28,33,40H,3-4,11-14,19-20,22,24H2,1-2H3,(H,39,48)(H,41,50)(H,42,49)(H,51,52)(H,43,44,45,46)/t25?,28?,33-/m0/s1. The van der Waals surface area contributed by atoms with Crippen molar-refractivity contribution in [2.75, 3.05) is 38.0 Å². The van der Waals surface area contributed by atoms with Crippen LogP contribution in [0.15, 0.2) is 72.8 Å². The molecule has 14 nitrogen and oxygen atoms in total. The number of amides is 4. The number of H-pyrrole nitrogens is 1. The molecule has 274 valence electrons. The number of nitrogens with one attached hydrogen (secondary N) is 5. The maximum Gasteiger partial charge on any atom is 0.404 e. The van der Waals surface area contributed by atoms with E-state index < -0.39 is 12.1 Å². The maximum absolute atomic E-state index is 13.8. The third-order valence-electron chi connectivity index (χ3n) is 9.58. The minimum Gasteiger partial charge on any atom is -0.465 e. The molecule has 0 spiro atoms. The van der Waals surface area contributed by atoms with Crippen LogP contribution < -0.4 is 21.3 Å². The fourth-order valence-corrected chi connectivity index (χ4v) is 6.50. The van der Waals surface area contributed by atoms with Gasteiger partial charge in [0, 0.05) is 48.8 Å². The van der Waals surface area contributed by atoms with Gasteiger partial charge in [-0.15, -0.1) is 10.2 Å². The summed E-state index contributed by atoms with van der Waals surface area (Å²) in [6.45, 7) is 7.75. The summed E-state index contributed by atoms with van der Waals surface area (Å²) in [5.74, 6) is -0.380. The summed E-state index contributed by atoms with van der Waals surface area (Å²) >= 11 is 0. The fourth-order valence-electron chi connectivity index (χ4n) is 6.50. The van der Waals surface area contributed by atoms with Crippen molar-refractivity contribution >= 4 is 29.5 Å². The molecular formula is C38H47N9O5. The quantitative estimate of drug-likeness (QED) is 0.0981. The zero-order valence-electron chi connectivity index (χ0n) is 29.6. The molecule has 5 rings (SSSR count). The lowest BCUT2D eigenvalue weighted by molar-refractivity contribution is -0.130. The Balaban J connectivity index is 1.29. The highest BCUT2D eigenvalue weighted by atomic mass is 16.4. The van der Waals surface area contributed by atoms with E-state index in [1.54, 1.807) is 30.3 Å². The fraction of sp³-hybridized carbons (Fsp3) is 0.395. The Kier molecular flexibility index (Phi) is 13.4. The SMILES string of the molecule is CCN(CC)CCNC(=O)c1cccc(-c2cccc(C[C@H](NC(=O)C3CCC(CNC(=O)O)CC3)C(=O)Nc3ccc(-c4nn[nH]n4)cc3)c2)c1. The molecule has 1 heterocycles. The monoisotopic (exact) mass is 709 g/mol. The van der Waals surface area contributed by atoms with Crippen molar-refractivity contribution in [2.45, 2.75) is 52.0 Å². The first-order valence-corrected chi connectivity index (χ1v) is 17.8. The molecule has 14 heteroatoms. The molecule has 1 aliphatic rings. The van der Waals surface area contributed by atoms with E-state index >= 15 is 0 Å². The predicted molar refractivity (Wildman–Crippen MR) is 197 cm³/mol. The van der Waals surface area contributed by atoms with E-state index in [-0.39, 0.29) is 36.0 Å². The molecule has 1 atom stereocenters. The maximum atomic E-state index is 13.8. The van der Waals surface area contributed by atoms with Crippen LogP contribution in [0.25, 0.3) is 22.5 Å². The zero-order valence-corrected chi connectivity index (χ0v) is 29.6. The summed E-state index contributed by atoms with van der Waals surface area (Å²) in [6, 6.07) is 21.3. The molecule has 3 aromatic carbocycles. The Bertz CT molecular complexity index is 1790. The molecule has 4 amide bonds. The lowest BCUT2D eigenvalue weighted by atomic mass is 9.81. The van der Waals surface area contributed by atoms with Gasteiger partial charge in [-0.1, -0.05) is 50.2 Å². The number of nitrogens with zero attached hydrogens (tertiary/aromatic N) is 4. The van der Waals surface area contributed by atoms with Crippen molar-refractivity contribution in [3.63, 3.8) is 0 Å². The molecule has 0 saturated heterocycles. The summed E-state index contributed by atoms with van der Waals surface area (Å²) in [5.41, 5.74) is 4.41. The highest BCUT2D eigenvalue weighted by molar-refractivity contribution is 5.98. The molecule has 0 aliphatic heterocycles. The summed E-state index contributed by atoms with van der Waals surface area (Å²) < 4.78 is 0. The van der Waals surface area contributed by atoms with Crippen LogP contribution >= 0.6 is 0 Å². The third kappa shape index (κ3) is 10.7. The van der Waals surface area contributed by atoms with E-state index in [0.29, 0.717) is 43.0 Å². The lowest BCUT2D eigenvalue weighted by Crippen LogP contribution is -2.48. The highest BCUT2D eigenvalue weighted by Crippen LogP contribution is 2.29. The normalized spacial score (nSPS) is 16.1. The smallest absolute Gasteiger partial charge is 0.404 e. The van der Waals surface area contributed by atoms with E-state index in [4.69, 9.17) is 5.11 Å². The number of hydrogen-bond acceptors (Lipinski definition) is 8. The van der Waals surface area contributed by atoms with Gasteiger partial charge in [-0.2, -0.15) is 5.21 Å². The van der Waals surface area contributed by atoms with E-state index in [0.717, 1.165) is 54.7 Å². The van der Waals surface area contributed by atoms with Crippen LogP contribution in [0.2, 0.25) is 0 Å². The number of carboxylic acid groups (broad SMARTS) is 1. The Morgan fingerprint density at radius 2 is 1.60 bits per heavy atom. The number of benzene rings is 3. The number of rotatable bonds is 16. The Labute approximate surface area is 303 Å². The molecule has 0 unspecified atom stereocenters. The van der Waals surface area contributed by atoms with Crippen molar-refractivity contribution in [3.05, 3.63) is 83.9 Å². The van der Waals surface area contributed by atoms with Crippen LogP contribution in [0.1, 0.15) is 55.5 Å². The second kappa shape index (κ2) is 18.6. The number of carbonyl (C=O) groups is 4. The molecule has 0 bridgehead atoms. The summed E-state index contributed by atoms with van der Waals surface area (Å²) in [4.78, 5) is 53.5. The van der Waals surface area contributed by atoms with Gasteiger partial charge < -0.3 is 31.3 Å². The number of aromatic nitrogens is 4. The molecule has 1 aliphatic carbocycles. The van der Waals surface area contributed by atoms with Crippen LogP contribution in [0, 0.1) is 11.8 Å². The zero-order chi connectivity index (χ0) is 36.9. The number of aromatic amines is 1. The summed E-state index contributed by atoms with van der Waals surface area (Å²) in [6.07, 6.45) is 1.84. The first-order valence-electron chi connectivity index (χ1n) is 17.8. The number of anilines is 1. The number of hydrogen-bond donors (Lipinski definition) is 6. The van der Waals surface area contributed by atoms with Crippen molar-refractivity contribution in [2.24, 2.45) is 11.8 Å². The lowest BCUT2D eigenvalue weighted by Gasteiger charge is -2.29. The Hall–Kier alpha value is -5.63. The number of likely N-dealkylation sites (N-methyl/N-ethyl adjacent to an activating group) is 1. The van der Waals surface area contributed by atoms with Gasteiger partial charge in [-0.05, 0) is 103 Å². The first kappa shape index (κ1) is 37.6. The van der Waals surface area contributed by atoms with E-state index in [2.05, 4.69) is 60.6 Å². The molecule has 6 N–H and O–H groups in total. The molecule has 1 saturated carbocycles. The first-order chi connectivity index (χ1) is 25.2. The molecule has 4 aromatic rings. The van der Waals surface area contributed by atoms with E-state index in [1.165, 1.54) is 0 Å². The van der Waals surface area contributed by atoms with E-state index in [1.807, 2.05) is 42.5 Å². The Morgan fingerprint density at radius 3 is 2.27 bits per heavy atom. The largest absolute Gasteiger partial charge is 0.465 e. The topological polar surface area (TPSA) is 194 Å². The molecule has 52 heavy (non-hydrogen) atoms. The highest BCUT2D eigenvalue weighted by Gasteiger charge is 2.30. The molecule has 1 aromatic heterocycles. The van der Waals surface area contributed by atoms with Crippen LogP contribution in [-0.2, 0) is 16.0 Å². The van der Waals surface area contributed by atoms with Crippen molar-refractivity contribution in [1.82, 2.24) is 41.5 Å². The second-order valence-electron chi connectivity index (χ2n) is 13.0. The van der Waals surface area contributed by atoms with Crippen LogP contribution in [0.3, 0.4) is 0 Å². The molecule has 1 fully saturated rings. The van der Waals surface area contributed by atoms with Gasteiger partial charge in [-0.25, -0.2) is 4.79 Å². The molecule has 0 radical (unpaired) electrons. The van der Waals surface area contributed by atoms with Gasteiger partial charge in [0.05, 0.1) is 0 Å². The van der Waals surface area contributed by atoms with Crippen molar-refractivity contribution in [3.8, 4) is 22.5 Å². The third-order valence-corrected chi connectivity index (χ3v) is 9.58. The average molecular weight is 710 g/mol. The average Bonchev–Trinajstić information content (AvgIpc) is 3.71. The second-order valence-corrected chi connectivity index (χ2v) is 13.0. The van der Waals surface area contributed by atoms with Gasteiger partial charge in [0.2, 0.25) is 17.6 Å². The van der Waals surface area contributed by atoms with Crippen molar-refractivity contribution in [1.29, 1.82) is 0 Å². The van der Waals surface area contributed by atoms with Crippen LogP contribution in [0.4, 0.5) is 10.5 Å². The summed E-state index contributed by atoms with van der Waals surface area (Å²) in [5, 5.41) is 34.3. The Morgan fingerprint density at radius 1 is 0.885 bits per heavy atom.